The maximum absolute atomic E-state index is 13.1. The van der Waals surface area contributed by atoms with Gasteiger partial charge < -0.3 is 16.0 Å². The van der Waals surface area contributed by atoms with Crippen molar-refractivity contribution in [2.24, 2.45) is 5.73 Å². The molecule has 0 aliphatic carbocycles. The summed E-state index contributed by atoms with van der Waals surface area (Å²) in [5.41, 5.74) is 7.47. The molecule has 1 aliphatic rings. The van der Waals surface area contributed by atoms with E-state index in [0.29, 0.717) is 0 Å². The number of hydrogen-bond donors (Lipinski definition) is 2. The maximum atomic E-state index is 13.1. The minimum absolute atomic E-state index is 0.0806. The molecule has 3 nitrogen and oxygen atoms in total. The first kappa shape index (κ1) is 11.2. The van der Waals surface area contributed by atoms with Gasteiger partial charge in [-0.25, -0.2) is 4.39 Å². The van der Waals surface area contributed by atoms with E-state index in [0.717, 1.165) is 17.9 Å². The van der Waals surface area contributed by atoms with Gasteiger partial charge in [-0.1, -0.05) is 0 Å². The van der Waals surface area contributed by atoms with Gasteiger partial charge in [0.2, 0.25) is 0 Å². The summed E-state index contributed by atoms with van der Waals surface area (Å²) >= 11 is 0. The summed E-state index contributed by atoms with van der Waals surface area (Å²) in [5.74, 6) is -0.218. The van der Waals surface area contributed by atoms with Crippen molar-refractivity contribution in [3.05, 3.63) is 24.0 Å². The SMILES string of the molecule is CC(N)CN1c2ccc(F)cc2NC1(C)C. The molecule has 0 radical (unpaired) electrons. The second-order valence-corrected chi connectivity index (χ2v) is 4.93. The second-order valence-electron chi connectivity index (χ2n) is 4.93. The molecule has 1 heterocycles. The van der Waals surface area contributed by atoms with Crippen molar-refractivity contribution in [1.82, 2.24) is 0 Å². The number of anilines is 2. The van der Waals surface area contributed by atoms with Crippen LogP contribution in [0.15, 0.2) is 18.2 Å². The van der Waals surface area contributed by atoms with Crippen molar-refractivity contribution in [1.29, 1.82) is 0 Å². The molecule has 0 saturated carbocycles. The second kappa shape index (κ2) is 3.63. The van der Waals surface area contributed by atoms with Gasteiger partial charge in [-0.2, -0.15) is 0 Å². The van der Waals surface area contributed by atoms with Crippen molar-refractivity contribution in [3.8, 4) is 0 Å². The average Bonchev–Trinajstić information content (AvgIpc) is 2.36. The van der Waals surface area contributed by atoms with E-state index in [1.54, 1.807) is 6.07 Å². The van der Waals surface area contributed by atoms with Crippen molar-refractivity contribution in [2.75, 3.05) is 16.8 Å². The Morgan fingerprint density at radius 3 is 2.81 bits per heavy atom. The van der Waals surface area contributed by atoms with Gasteiger partial charge in [0.1, 0.15) is 11.5 Å². The zero-order chi connectivity index (χ0) is 11.9. The Kier molecular flexibility index (Phi) is 2.54. The number of benzene rings is 1. The Morgan fingerprint density at radius 2 is 2.19 bits per heavy atom. The number of nitrogens with two attached hydrogens (primary N) is 1. The lowest BCUT2D eigenvalue weighted by atomic mass is 10.2. The number of hydrogen-bond acceptors (Lipinski definition) is 3. The summed E-state index contributed by atoms with van der Waals surface area (Å²) in [5, 5.41) is 3.30. The lowest BCUT2D eigenvalue weighted by Crippen LogP contribution is -2.49. The van der Waals surface area contributed by atoms with E-state index < -0.39 is 0 Å². The summed E-state index contributed by atoms with van der Waals surface area (Å²) in [7, 11) is 0. The molecule has 0 saturated heterocycles. The molecule has 1 aromatic rings. The van der Waals surface area contributed by atoms with Gasteiger partial charge >= 0.3 is 0 Å². The van der Waals surface area contributed by atoms with E-state index >= 15 is 0 Å². The molecule has 1 aromatic carbocycles. The van der Waals surface area contributed by atoms with Gasteiger partial charge in [0, 0.05) is 12.6 Å². The molecule has 0 spiro atoms. The first-order valence-corrected chi connectivity index (χ1v) is 5.51. The van der Waals surface area contributed by atoms with E-state index in [-0.39, 0.29) is 17.5 Å². The maximum Gasteiger partial charge on any atom is 0.125 e. The molecule has 0 aromatic heterocycles. The minimum atomic E-state index is -0.218. The highest BCUT2D eigenvalue weighted by atomic mass is 19.1. The third-order valence-electron chi connectivity index (χ3n) is 2.84. The van der Waals surface area contributed by atoms with Gasteiger partial charge in [0.05, 0.1) is 11.4 Å². The highest BCUT2D eigenvalue weighted by Crippen LogP contribution is 2.39. The third kappa shape index (κ3) is 1.85. The molecule has 0 bridgehead atoms. The van der Waals surface area contributed by atoms with Gasteiger partial charge in [0.15, 0.2) is 0 Å². The molecule has 1 atom stereocenters. The van der Waals surface area contributed by atoms with Gasteiger partial charge in [-0.3, -0.25) is 0 Å². The smallest absolute Gasteiger partial charge is 0.125 e. The monoisotopic (exact) mass is 223 g/mol. The van der Waals surface area contributed by atoms with Crippen LogP contribution >= 0.6 is 0 Å². The highest BCUT2D eigenvalue weighted by Gasteiger charge is 2.35. The average molecular weight is 223 g/mol. The fraction of sp³-hybridized carbons (Fsp3) is 0.500. The quantitative estimate of drug-likeness (QED) is 0.807. The molecule has 88 valence electrons. The van der Waals surface area contributed by atoms with Crippen LogP contribution in [-0.2, 0) is 0 Å². The van der Waals surface area contributed by atoms with Crippen molar-refractivity contribution in [2.45, 2.75) is 32.5 Å². The number of fused-ring (bicyclic) bond motifs is 1. The molecule has 16 heavy (non-hydrogen) atoms. The van der Waals surface area contributed by atoms with Crippen molar-refractivity contribution < 1.29 is 4.39 Å². The van der Waals surface area contributed by atoms with Crippen LogP contribution in [0.4, 0.5) is 15.8 Å². The first-order valence-electron chi connectivity index (χ1n) is 5.51. The van der Waals surface area contributed by atoms with Crippen LogP contribution in [0.5, 0.6) is 0 Å². The summed E-state index contributed by atoms with van der Waals surface area (Å²) in [6, 6.07) is 4.89. The Bertz CT molecular complexity index is 401. The third-order valence-corrected chi connectivity index (χ3v) is 2.84. The van der Waals surface area contributed by atoms with Crippen LogP contribution in [0, 0.1) is 5.82 Å². The molecular weight excluding hydrogens is 205 g/mol. The topological polar surface area (TPSA) is 41.3 Å². The Hall–Kier alpha value is -1.29. The summed E-state index contributed by atoms with van der Waals surface area (Å²) < 4.78 is 13.1. The van der Waals surface area contributed by atoms with E-state index in [1.165, 1.54) is 12.1 Å². The molecule has 0 amide bonds. The zero-order valence-electron chi connectivity index (χ0n) is 9.92. The molecule has 3 N–H and O–H groups in total. The number of rotatable bonds is 2. The summed E-state index contributed by atoms with van der Waals surface area (Å²) in [6.45, 7) is 6.84. The van der Waals surface area contributed by atoms with E-state index in [4.69, 9.17) is 5.73 Å². The van der Waals surface area contributed by atoms with Gasteiger partial charge in [-0.05, 0) is 39.0 Å². The minimum Gasteiger partial charge on any atom is -0.361 e. The molecule has 1 aliphatic heterocycles. The molecule has 0 fully saturated rings. The Morgan fingerprint density at radius 1 is 1.50 bits per heavy atom. The predicted octanol–water partition coefficient (Wildman–Crippen LogP) is 2.14. The van der Waals surface area contributed by atoms with Gasteiger partial charge in [-0.15, -0.1) is 0 Å². The normalized spacial score (nSPS) is 19.2. The van der Waals surface area contributed by atoms with E-state index in [9.17, 15) is 4.39 Å². The van der Waals surface area contributed by atoms with Crippen LogP contribution in [0.25, 0.3) is 0 Å². The fourth-order valence-electron chi connectivity index (χ4n) is 2.16. The van der Waals surface area contributed by atoms with Crippen LogP contribution in [0.3, 0.4) is 0 Å². The molecular formula is C12H18FN3. The van der Waals surface area contributed by atoms with Gasteiger partial charge in [0.25, 0.3) is 0 Å². The molecule has 1 unspecified atom stereocenters. The lowest BCUT2D eigenvalue weighted by Gasteiger charge is -2.35. The van der Waals surface area contributed by atoms with E-state index in [1.807, 2.05) is 6.92 Å². The Balaban J connectivity index is 2.38. The zero-order valence-corrected chi connectivity index (χ0v) is 9.92. The number of halogens is 1. The van der Waals surface area contributed by atoms with Crippen molar-refractivity contribution >= 4 is 11.4 Å². The first-order chi connectivity index (χ1) is 7.40. The fourth-order valence-corrected chi connectivity index (χ4v) is 2.16. The van der Waals surface area contributed by atoms with Crippen molar-refractivity contribution in [3.63, 3.8) is 0 Å². The van der Waals surface area contributed by atoms with Crippen LogP contribution < -0.4 is 16.0 Å². The number of nitrogens with one attached hydrogen (secondary N) is 1. The highest BCUT2D eigenvalue weighted by molar-refractivity contribution is 5.77. The van der Waals surface area contributed by atoms with Crippen LogP contribution in [0.2, 0.25) is 0 Å². The standard InChI is InChI=1S/C12H18FN3/c1-8(14)7-16-11-5-4-9(13)6-10(11)15-12(16,2)3/h4-6,8,15H,7,14H2,1-3H3. The predicted molar refractivity (Wildman–Crippen MR) is 65.1 cm³/mol. The lowest BCUT2D eigenvalue weighted by molar-refractivity contribution is 0.517. The largest absolute Gasteiger partial charge is 0.361 e. The van der Waals surface area contributed by atoms with Crippen LogP contribution in [0.1, 0.15) is 20.8 Å². The summed E-state index contributed by atoms with van der Waals surface area (Å²) in [4.78, 5) is 2.17. The molecule has 2 rings (SSSR count). The van der Waals surface area contributed by atoms with E-state index in [2.05, 4.69) is 24.1 Å². The van der Waals surface area contributed by atoms with Crippen LogP contribution in [-0.4, -0.2) is 18.2 Å². The molecule has 4 heteroatoms. The number of nitrogens with zero attached hydrogens (tertiary/aromatic N) is 1. The Labute approximate surface area is 95.4 Å². The summed E-state index contributed by atoms with van der Waals surface area (Å²) in [6.07, 6.45) is 0.